The maximum Gasteiger partial charge on any atom is 0.328 e. The van der Waals surface area contributed by atoms with Gasteiger partial charge in [0.05, 0.1) is 0 Å². The van der Waals surface area contributed by atoms with Gasteiger partial charge in [0, 0.05) is 15.6 Å². The fourth-order valence-electron chi connectivity index (χ4n) is 1.03. The van der Waals surface area contributed by atoms with E-state index in [-0.39, 0.29) is 0 Å². The van der Waals surface area contributed by atoms with Gasteiger partial charge in [-0.1, -0.05) is 27.5 Å². The van der Waals surface area contributed by atoms with E-state index in [4.69, 9.17) is 16.7 Å². The Hall–Kier alpha value is -0.800. The summed E-state index contributed by atoms with van der Waals surface area (Å²) in [6.07, 6.45) is 2.56. The van der Waals surface area contributed by atoms with Gasteiger partial charge in [-0.3, -0.25) is 0 Å². The summed E-state index contributed by atoms with van der Waals surface area (Å²) >= 11 is 9.27. The van der Waals surface area contributed by atoms with E-state index in [1.165, 1.54) is 6.08 Å². The third-order valence-corrected chi connectivity index (χ3v) is 2.98. The molecule has 0 aliphatic heterocycles. The minimum atomic E-state index is -0.986. The number of hydrogen-bond acceptors (Lipinski definition) is 1. The topological polar surface area (TPSA) is 37.3 Å². The van der Waals surface area contributed by atoms with Gasteiger partial charge in [-0.05, 0) is 36.3 Å². The van der Waals surface area contributed by atoms with Crippen LogP contribution < -0.4 is 0 Å². The van der Waals surface area contributed by atoms with Gasteiger partial charge in [0.15, 0.2) is 0 Å². The van der Waals surface area contributed by atoms with Crippen LogP contribution in [0.4, 0.5) is 0 Å². The molecule has 2 nitrogen and oxygen atoms in total. The fraction of sp³-hybridized carbons (Fsp3) is 0.100. The molecule has 0 radical (unpaired) electrons. The third kappa shape index (κ3) is 2.59. The molecule has 0 bridgehead atoms. The normalized spacial score (nSPS) is 10.8. The summed E-state index contributed by atoms with van der Waals surface area (Å²) in [6.45, 7) is 1.87. The second-order valence-electron chi connectivity index (χ2n) is 2.74. The number of halogens is 2. The molecule has 0 heterocycles. The van der Waals surface area contributed by atoms with Crippen molar-refractivity contribution in [2.45, 2.75) is 6.92 Å². The highest BCUT2D eigenvalue weighted by Gasteiger charge is 2.04. The van der Waals surface area contributed by atoms with Crippen LogP contribution in [0.2, 0.25) is 5.02 Å². The molecular formula is C10H8BrClO2. The van der Waals surface area contributed by atoms with E-state index in [0.29, 0.717) is 5.02 Å². The van der Waals surface area contributed by atoms with Crippen LogP contribution in [0.25, 0.3) is 6.08 Å². The number of carboxylic acid groups (broad SMARTS) is 1. The van der Waals surface area contributed by atoms with Crippen molar-refractivity contribution in [2.75, 3.05) is 0 Å². The second-order valence-corrected chi connectivity index (χ2v) is 4.00. The molecular weight excluding hydrogens is 267 g/mol. The molecule has 0 unspecified atom stereocenters. The van der Waals surface area contributed by atoms with Crippen LogP contribution >= 0.6 is 27.5 Å². The standard InChI is InChI=1S/C10H8BrClO2/c1-6-7(2-5-10(13)14)9(12)4-3-8(6)11/h2-5H,1H3,(H,13,14)/b5-2+. The lowest BCUT2D eigenvalue weighted by molar-refractivity contribution is -0.131. The first-order valence-electron chi connectivity index (χ1n) is 3.88. The highest BCUT2D eigenvalue weighted by molar-refractivity contribution is 9.10. The predicted molar refractivity (Wildman–Crippen MR) is 60.6 cm³/mol. The molecule has 0 spiro atoms. The molecule has 0 amide bonds. The Labute approximate surface area is 95.3 Å². The van der Waals surface area contributed by atoms with Gasteiger partial charge in [0.1, 0.15) is 0 Å². The highest BCUT2D eigenvalue weighted by Crippen LogP contribution is 2.27. The quantitative estimate of drug-likeness (QED) is 0.839. The molecule has 0 saturated heterocycles. The molecule has 14 heavy (non-hydrogen) atoms. The average molecular weight is 276 g/mol. The molecule has 1 N–H and O–H groups in total. The van der Waals surface area contributed by atoms with E-state index in [0.717, 1.165) is 21.7 Å². The molecule has 1 aromatic rings. The first kappa shape index (κ1) is 11.3. The van der Waals surface area contributed by atoms with Gasteiger partial charge in [-0.2, -0.15) is 0 Å². The Morgan fingerprint density at radius 1 is 1.57 bits per heavy atom. The minimum Gasteiger partial charge on any atom is -0.478 e. The molecule has 74 valence electrons. The van der Waals surface area contributed by atoms with E-state index >= 15 is 0 Å². The predicted octanol–water partition coefficient (Wildman–Crippen LogP) is 3.51. The van der Waals surface area contributed by atoms with E-state index in [9.17, 15) is 4.79 Å². The summed E-state index contributed by atoms with van der Waals surface area (Å²) in [5, 5.41) is 9.03. The second kappa shape index (κ2) is 4.62. The summed E-state index contributed by atoms with van der Waals surface area (Å²) in [7, 11) is 0. The van der Waals surface area contributed by atoms with Crippen LogP contribution in [0.5, 0.6) is 0 Å². The smallest absolute Gasteiger partial charge is 0.328 e. The number of rotatable bonds is 2. The maximum atomic E-state index is 10.3. The van der Waals surface area contributed by atoms with Crippen LogP contribution in [-0.4, -0.2) is 11.1 Å². The van der Waals surface area contributed by atoms with Gasteiger partial charge in [0.25, 0.3) is 0 Å². The lowest BCUT2D eigenvalue weighted by Crippen LogP contribution is -1.88. The first-order chi connectivity index (χ1) is 6.52. The van der Waals surface area contributed by atoms with Crippen LogP contribution in [0.3, 0.4) is 0 Å². The van der Waals surface area contributed by atoms with Crippen molar-refractivity contribution < 1.29 is 9.90 Å². The first-order valence-corrected chi connectivity index (χ1v) is 5.05. The number of hydrogen-bond donors (Lipinski definition) is 1. The number of carbonyl (C=O) groups is 1. The van der Waals surface area contributed by atoms with E-state index in [1.807, 2.05) is 13.0 Å². The van der Waals surface area contributed by atoms with Crippen LogP contribution in [0.15, 0.2) is 22.7 Å². The molecule has 0 saturated carbocycles. The van der Waals surface area contributed by atoms with Crippen LogP contribution in [-0.2, 0) is 4.79 Å². The number of aliphatic carboxylic acids is 1. The Morgan fingerprint density at radius 2 is 2.21 bits per heavy atom. The summed E-state index contributed by atoms with van der Waals surface area (Å²) in [5.41, 5.74) is 1.65. The van der Waals surface area contributed by atoms with Crippen molar-refractivity contribution in [1.82, 2.24) is 0 Å². The number of carboxylic acids is 1. The fourth-order valence-corrected chi connectivity index (χ4v) is 1.64. The Balaban J connectivity index is 3.19. The van der Waals surface area contributed by atoms with Crippen molar-refractivity contribution in [1.29, 1.82) is 0 Å². The zero-order valence-electron chi connectivity index (χ0n) is 7.42. The molecule has 4 heteroatoms. The van der Waals surface area contributed by atoms with Gasteiger partial charge >= 0.3 is 5.97 Å². The largest absolute Gasteiger partial charge is 0.478 e. The van der Waals surface area contributed by atoms with E-state index in [1.54, 1.807) is 6.07 Å². The SMILES string of the molecule is Cc1c(Br)ccc(Cl)c1/C=C/C(=O)O. The van der Waals surface area contributed by atoms with E-state index in [2.05, 4.69) is 15.9 Å². The molecule has 0 aromatic heterocycles. The minimum absolute atomic E-state index is 0.545. The van der Waals surface area contributed by atoms with Crippen molar-refractivity contribution in [3.63, 3.8) is 0 Å². The summed E-state index contributed by atoms with van der Waals surface area (Å²) < 4.78 is 0.909. The summed E-state index contributed by atoms with van der Waals surface area (Å²) in [4.78, 5) is 10.3. The van der Waals surface area contributed by atoms with Gasteiger partial charge in [-0.15, -0.1) is 0 Å². The highest BCUT2D eigenvalue weighted by atomic mass is 79.9. The molecule has 0 fully saturated rings. The van der Waals surface area contributed by atoms with Gasteiger partial charge < -0.3 is 5.11 Å². The Bertz CT molecular complexity index is 399. The maximum absolute atomic E-state index is 10.3. The molecule has 0 atom stereocenters. The third-order valence-electron chi connectivity index (χ3n) is 1.79. The monoisotopic (exact) mass is 274 g/mol. The van der Waals surface area contributed by atoms with Crippen LogP contribution in [0, 0.1) is 6.92 Å². The van der Waals surface area contributed by atoms with Gasteiger partial charge in [0.2, 0.25) is 0 Å². The molecule has 0 aliphatic carbocycles. The Morgan fingerprint density at radius 3 is 2.79 bits per heavy atom. The molecule has 1 aromatic carbocycles. The number of benzene rings is 1. The molecule has 0 aliphatic rings. The van der Waals surface area contributed by atoms with Crippen LogP contribution in [0.1, 0.15) is 11.1 Å². The lowest BCUT2D eigenvalue weighted by Gasteiger charge is -2.04. The zero-order chi connectivity index (χ0) is 10.7. The summed E-state index contributed by atoms with van der Waals surface area (Å²) in [6, 6.07) is 3.55. The van der Waals surface area contributed by atoms with Crippen molar-refractivity contribution in [3.8, 4) is 0 Å². The average Bonchev–Trinajstić information content (AvgIpc) is 2.11. The Kier molecular flexibility index (Phi) is 3.72. The van der Waals surface area contributed by atoms with Gasteiger partial charge in [-0.25, -0.2) is 4.79 Å². The van der Waals surface area contributed by atoms with Crippen molar-refractivity contribution >= 4 is 39.6 Å². The lowest BCUT2D eigenvalue weighted by atomic mass is 10.1. The van der Waals surface area contributed by atoms with Crippen molar-refractivity contribution in [3.05, 3.63) is 38.8 Å². The molecule has 1 rings (SSSR count). The zero-order valence-corrected chi connectivity index (χ0v) is 9.76. The van der Waals surface area contributed by atoms with Crippen molar-refractivity contribution in [2.24, 2.45) is 0 Å². The van der Waals surface area contributed by atoms with E-state index < -0.39 is 5.97 Å². The summed E-state index contributed by atoms with van der Waals surface area (Å²) in [5.74, 6) is -0.986.